The van der Waals surface area contributed by atoms with Gasteiger partial charge in [0.25, 0.3) is 0 Å². The predicted molar refractivity (Wildman–Crippen MR) is 123 cm³/mol. The fourth-order valence-electron chi connectivity index (χ4n) is 4.34. The number of para-hydroxylation sites is 4. The molecule has 3 aromatic carbocycles. The van der Waals surface area contributed by atoms with Gasteiger partial charge in [-0.3, -0.25) is 4.79 Å². The van der Waals surface area contributed by atoms with Gasteiger partial charge >= 0.3 is 0 Å². The number of imidazole rings is 1. The van der Waals surface area contributed by atoms with Crippen molar-refractivity contribution >= 4 is 22.6 Å². The quantitative estimate of drug-likeness (QED) is 0.451. The molecule has 0 N–H and O–H groups in total. The molecular formula is C26H25N3O2. The fraction of sp³-hybridized carbons (Fsp3) is 0.231. The summed E-state index contributed by atoms with van der Waals surface area (Å²) in [5.74, 6) is 2.06. The van der Waals surface area contributed by atoms with Crippen molar-refractivity contribution in [3.05, 3.63) is 90.3 Å². The first kappa shape index (κ1) is 19.4. The van der Waals surface area contributed by atoms with Crippen LogP contribution < -0.4 is 9.64 Å². The topological polar surface area (TPSA) is 47.4 Å². The van der Waals surface area contributed by atoms with E-state index in [-0.39, 0.29) is 11.8 Å². The summed E-state index contributed by atoms with van der Waals surface area (Å²) < 4.78 is 8.28. The van der Waals surface area contributed by atoms with E-state index < -0.39 is 0 Å². The number of amides is 1. The summed E-state index contributed by atoms with van der Waals surface area (Å²) in [4.78, 5) is 19.6. The first-order valence-electron chi connectivity index (χ1n) is 10.7. The lowest BCUT2D eigenvalue weighted by Gasteiger charge is -2.17. The summed E-state index contributed by atoms with van der Waals surface area (Å²) in [5, 5.41) is 0. The Morgan fingerprint density at radius 3 is 2.55 bits per heavy atom. The van der Waals surface area contributed by atoms with Crippen LogP contribution in [0.1, 0.15) is 23.7 Å². The van der Waals surface area contributed by atoms with Gasteiger partial charge in [0.15, 0.2) is 0 Å². The van der Waals surface area contributed by atoms with E-state index in [1.54, 1.807) is 0 Å². The zero-order chi connectivity index (χ0) is 21.2. The number of fused-ring (bicyclic) bond motifs is 1. The molecule has 4 aromatic rings. The van der Waals surface area contributed by atoms with Gasteiger partial charge in [-0.05, 0) is 42.8 Å². The Bertz CT molecular complexity index is 1220. The first-order valence-corrected chi connectivity index (χ1v) is 10.7. The number of anilines is 1. The molecule has 31 heavy (non-hydrogen) atoms. The summed E-state index contributed by atoms with van der Waals surface area (Å²) >= 11 is 0. The minimum atomic E-state index is 0.0542. The minimum Gasteiger partial charge on any atom is -0.491 e. The molecule has 1 atom stereocenters. The van der Waals surface area contributed by atoms with Gasteiger partial charge in [-0.2, -0.15) is 0 Å². The largest absolute Gasteiger partial charge is 0.491 e. The second-order valence-electron chi connectivity index (χ2n) is 7.97. The maximum atomic E-state index is 12.8. The first-order chi connectivity index (χ1) is 15.2. The number of aromatic nitrogens is 2. The van der Waals surface area contributed by atoms with Gasteiger partial charge in [0.1, 0.15) is 18.2 Å². The van der Waals surface area contributed by atoms with Crippen molar-refractivity contribution in [2.75, 3.05) is 18.1 Å². The normalized spacial score (nSPS) is 16.2. The molecule has 1 aromatic heterocycles. The SMILES string of the molecule is Cc1ccccc1OCCn1c([C@@H]2CC(=O)N(c3ccccc3)C2)nc2ccccc21. The summed E-state index contributed by atoms with van der Waals surface area (Å²) in [6.07, 6.45) is 0.469. The Hall–Kier alpha value is -3.60. The van der Waals surface area contributed by atoms with Crippen LogP contribution in [0.25, 0.3) is 11.0 Å². The molecule has 0 aliphatic carbocycles. The van der Waals surface area contributed by atoms with E-state index in [1.165, 1.54) is 0 Å². The van der Waals surface area contributed by atoms with Crippen molar-refractivity contribution in [2.24, 2.45) is 0 Å². The highest BCUT2D eigenvalue weighted by molar-refractivity contribution is 5.96. The number of carbonyl (C=O) groups is 1. The van der Waals surface area contributed by atoms with Crippen LogP contribution in [0.3, 0.4) is 0 Å². The second kappa shape index (κ2) is 8.26. The van der Waals surface area contributed by atoms with Gasteiger partial charge in [0.2, 0.25) is 5.91 Å². The van der Waals surface area contributed by atoms with E-state index in [0.717, 1.165) is 33.9 Å². The molecule has 0 unspecified atom stereocenters. The van der Waals surface area contributed by atoms with Gasteiger partial charge in [-0.15, -0.1) is 0 Å². The molecule has 1 saturated heterocycles. The van der Waals surface area contributed by atoms with Crippen LogP contribution in [-0.2, 0) is 11.3 Å². The Morgan fingerprint density at radius 2 is 1.71 bits per heavy atom. The summed E-state index contributed by atoms with van der Waals surface area (Å²) in [6, 6.07) is 26.1. The highest BCUT2D eigenvalue weighted by Crippen LogP contribution is 2.33. The van der Waals surface area contributed by atoms with E-state index in [1.807, 2.05) is 71.6 Å². The zero-order valence-electron chi connectivity index (χ0n) is 17.6. The van der Waals surface area contributed by atoms with E-state index in [4.69, 9.17) is 9.72 Å². The van der Waals surface area contributed by atoms with Crippen LogP contribution in [0.15, 0.2) is 78.9 Å². The van der Waals surface area contributed by atoms with E-state index in [2.05, 4.69) is 23.6 Å². The predicted octanol–water partition coefficient (Wildman–Crippen LogP) is 4.94. The Morgan fingerprint density at radius 1 is 0.968 bits per heavy atom. The number of aryl methyl sites for hydroxylation is 1. The van der Waals surface area contributed by atoms with Gasteiger partial charge in [-0.25, -0.2) is 4.98 Å². The van der Waals surface area contributed by atoms with Crippen LogP contribution in [0, 0.1) is 6.92 Å². The highest BCUT2D eigenvalue weighted by Gasteiger charge is 2.34. The highest BCUT2D eigenvalue weighted by atomic mass is 16.5. The van der Waals surface area contributed by atoms with Crippen molar-refractivity contribution in [3.63, 3.8) is 0 Å². The van der Waals surface area contributed by atoms with Crippen LogP contribution in [0.5, 0.6) is 5.75 Å². The lowest BCUT2D eigenvalue weighted by Crippen LogP contribution is -2.24. The van der Waals surface area contributed by atoms with Crippen molar-refractivity contribution in [1.82, 2.24) is 9.55 Å². The molecule has 0 bridgehead atoms. The van der Waals surface area contributed by atoms with Crippen LogP contribution >= 0.6 is 0 Å². The second-order valence-corrected chi connectivity index (χ2v) is 7.97. The molecule has 156 valence electrons. The smallest absolute Gasteiger partial charge is 0.227 e. The van der Waals surface area contributed by atoms with Crippen LogP contribution in [0.4, 0.5) is 5.69 Å². The molecule has 1 fully saturated rings. The van der Waals surface area contributed by atoms with Gasteiger partial charge in [-0.1, -0.05) is 48.5 Å². The van der Waals surface area contributed by atoms with Crippen molar-refractivity contribution in [2.45, 2.75) is 25.8 Å². The minimum absolute atomic E-state index is 0.0542. The van der Waals surface area contributed by atoms with E-state index in [9.17, 15) is 4.79 Å². The summed E-state index contributed by atoms with van der Waals surface area (Å²) in [6.45, 7) is 3.92. The number of hydrogen-bond acceptors (Lipinski definition) is 3. The van der Waals surface area contributed by atoms with Crippen LogP contribution in [-0.4, -0.2) is 28.6 Å². The van der Waals surface area contributed by atoms with Crippen molar-refractivity contribution in [1.29, 1.82) is 0 Å². The molecule has 1 aliphatic heterocycles. The summed E-state index contributed by atoms with van der Waals surface area (Å²) in [7, 11) is 0. The molecule has 0 radical (unpaired) electrons. The monoisotopic (exact) mass is 411 g/mol. The number of nitrogens with zero attached hydrogens (tertiary/aromatic N) is 3. The molecular weight excluding hydrogens is 386 g/mol. The lowest BCUT2D eigenvalue weighted by atomic mass is 10.1. The zero-order valence-corrected chi connectivity index (χ0v) is 17.6. The number of ether oxygens (including phenoxy) is 1. The Kier molecular flexibility index (Phi) is 5.16. The van der Waals surface area contributed by atoms with Gasteiger partial charge in [0.05, 0.1) is 17.6 Å². The third-order valence-electron chi connectivity index (χ3n) is 5.91. The van der Waals surface area contributed by atoms with E-state index in [0.29, 0.717) is 26.1 Å². The van der Waals surface area contributed by atoms with Crippen molar-refractivity contribution in [3.8, 4) is 5.75 Å². The molecule has 1 aliphatic rings. The van der Waals surface area contributed by atoms with Crippen molar-refractivity contribution < 1.29 is 9.53 Å². The fourth-order valence-corrected chi connectivity index (χ4v) is 4.34. The maximum Gasteiger partial charge on any atom is 0.227 e. The number of rotatable bonds is 6. The molecule has 0 spiro atoms. The molecule has 5 nitrogen and oxygen atoms in total. The molecule has 1 amide bonds. The average Bonchev–Trinajstić information content (AvgIpc) is 3.36. The Labute approximate surface area is 181 Å². The summed E-state index contributed by atoms with van der Waals surface area (Å²) in [5.41, 5.74) is 4.11. The molecule has 2 heterocycles. The molecule has 5 heteroatoms. The molecule has 0 saturated carbocycles. The lowest BCUT2D eigenvalue weighted by molar-refractivity contribution is -0.117. The third kappa shape index (κ3) is 3.79. The van der Waals surface area contributed by atoms with E-state index >= 15 is 0 Å². The number of carbonyl (C=O) groups excluding carboxylic acids is 1. The average molecular weight is 412 g/mol. The molecule has 5 rings (SSSR count). The van der Waals surface area contributed by atoms with Crippen LogP contribution in [0.2, 0.25) is 0 Å². The maximum absolute atomic E-state index is 12.8. The van der Waals surface area contributed by atoms with Gasteiger partial charge in [0, 0.05) is 24.6 Å². The Balaban J connectivity index is 1.41. The standard InChI is InChI=1S/C26H25N3O2/c1-19-9-5-8-14-24(19)31-16-15-28-23-13-7-6-12-22(23)27-26(28)20-17-25(30)29(18-20)21-10-3-2-4-11-21/h2-14,20H,15-18H2,1H3/t20-/m1/s1. The number of benzene rings is 3. The third-order valence-corrected chi connectivity index (χ3v) is 5.91. The number of hydrogen-bond donors (Lipinski definition) is 0. The van der Waals surface area contributed by atoms with Gasteiger partial charge < -0.3 is 14.2 Å².